The van der Waals surface area contributed by atoms with Crippen LogP contribution in [0.25, 0.3) is 11.1 Å². The van der Waals surface area contributed by atoms with E-state index >= 15 is 0 Å². The van der Waals surface area contributed by atoms with Crippen LogP contribution in [0.3, 0.4) is 0 Å². The van der Waals surface area contributed by atoms with Gasteiger partial charge in [0.25, 0.3) is 0 Å². The Labute approximate surface area is 261 Å². The monoisotopic (exact) mass is 617 g/mol. The average molecular weight is 618 g/mol. The Kier molecular flexibility index (Phi) is 7.91. The second-order valence-electron chi connectivity index (χ2n) is 13.1. The van der Waals surface area contributed by atoms with Crippen molar-refractivity contribution in [3.63, 3.8) is 0 Å². The Bertz CT molecular complexity index is 1610. The number of rotatable bonds is 6. The summed E-state index contributed by atoms with van der Waals surface area (Å²) in [6.45, 7) is 2.80. The molecule has 2 aromatic rings. The van der Waals surface area contributed by atoms with Gasteiger partial charge in [-0.15, -0.1) is 0 Å². The van der Waals surface area contributed by atoms with Crippen molar-refractivity contribution in [2.45, 2.75) is 50.3 Å². The molecule has 4 N–H and O–H groups in total. The number of carbonyl (C=O) groups excluding carboxylic acids is 5. The van der Waals surface area contributed by atoms with Crippen LogP contribution in [0.2, 0.25) is 0 Å². The molecule has 1 heterocycles. The van der Waals surface area contributed by atoms with Crippen LogP contribution >= 0.6 is 0 Å². The SMILES string of the molecule is COc1ccc(CN2CCCCC2)cc1-c1ccc(O)c2c1CC1CC3C(N(C)C)C(=O)C(C(N)=O)C(=O)C3(O)C(=O)C1C2=O. The maximum atomic E-state index is 14.2. The number of hydrogen-bond donors (Lipinski definition) is 3. The van der Waals surface area contributed by atoms with Crippen LogP contribution in [0.15, 0.2) is 30.3 Å². The Morgan fingerprint density at radius 2 is 1.76 bits per heavy atom. The van der Waals surface area contributed by atoms with Gasteiger partial charge in [0.15, 0.2) is 34.7 Å². The molecule has 0 spiro atoms. The van der Waals surface area contributed by atoms with Crippen molar-refractivity contribution in [2.24, 2.45) is 29.4 Å². The van der Waals surface area contributed by atoms with Crippen LogP contribution in [0.1, 0.15) is 47.2 Å². The number of methoxy groups -OCH3 is 1. The van der Waals surface area contributed by atoms with Crippen LogP contribution in [0.4, 0.5) is 0 Å². The number of aromatic hydroxyl groups is 1. The first-order valence-electron chi connectivity index (χ1n) is 15.5. The van der Waals surface area contributed by atoms with Crippen LogP contribution in [-0.2, 0) is 32.1 Å². The van der Waals surface area contributed by atoms with Gasteiger partial charge in [0.05, 0.1) is 24.6 Å². The number of fused-ring (bicyclic) bond motifs is 3. The first kappa shape index (κ1) is 31.1. The predicted molar refractivity (Wildman–Crippen MR) is 162 cm³/mol. The zero-order valence-electron chi connectivity index (χ0n) is 25.7. The minimum Gasteiger partial charge on any atom is -0.507 e. The number of Topliss-reactive ketones (excluding diaryl/α,β-unsaturated/α-hetero) is 4. The van der Waals surface area contributed by atoms with Crippen molar-refractivity contribution < 1.29 is 38.9 Å². The standard InChI is InChI=1S/C34H39N3O8/c1-36(2)28-22-15-18-14-21-19(20-13-17(7-10-24(20)45-3)16-37-11-5-4-6-12-37)8-9-23(38)26(21)29(39)25(18)31(41)34(22,44)32(42)27(30(28)40)33(35)43/h7-10,13,18,22,25,27-28,38,44H,4-6,11-12,14-16H2,1-3H3,(H2,35,43). The van der Waals surface area contributed by atoms with Gasteiger partial charge in [0, 0.05) is 18.0 Å². The van der Waals surface area contributed by atoms with Gasteiger partial charge in [0.1, 0.15) is 11.5 Å². The number of phenolic OH excluding ortho intramolecular Hbond substituents is 1. The highest BCUT2D eigenvalue weighted by Gasteiger charge is 2.69. The molecule has 11 nitrogen and oxygen atoms in total. The number of ketones is 4. The van der Waals surface area contributed by atoms with E-state index in [-0.39, 0.29) is 24.2 Å². The normalized spacial score (nSPS) is 30.1. The maximum absolute atomic E-state index is 14.2. The van der Waals surface area contributed by atoms with Crippen LogP contribution in [0, 0.1) is 23.7 Å². The molecule has 6 rings (SSSR count). The highest BCUT2D eigenvalue weighted by atomic mass is 16.5. The van der Waals surface area contributed by atoms with Gasteiger partial charge in [-0.3, -0.25) is 33.8 Å². The van der Waals surface area contributed by atoms with E-state index in [4.69, 9.17) is 10.5 Å². The summed E-state index contributed by atoms with van der Waals surface area (Å²) in [7, 11) is 4.69. The minimum atomic E-state index is -2.75. The molecule has 4 aliphatic rings. The molecule has 0 aromatic heterocycles. The molecule has 6 atom stereocenters. The first-order chi connectivity index (χ1) is 21.4. The van der Waals surface area contributed by atoms with Crippen LogP contribution in [0.5, 0.6) is 11.5 Å². The lowest BCUT2D eigenvalue weighted by atomic mass is 9.52. The lowest BCUT2D eigenvalue weighted by Crippen LogP contribution is -2.74. The van der Waals surface area contributed by atoms with E-state index in [1.165, 1.54) is 17.4 Å². The second-order valence-corrected chi connectivity index (χ2v) is 13.1. The summed E-state index contributed by atoms with van der Waals surface area (Å²) in [5.41, 5.74) is 5.64. The second kappa shape index (κ2) is 11.5. The van der Waals surface area contributed by atoms with Gasteiger partial charge in [-0.1, -0.05) is 18.6 Å². The number of carbonyl (C=O) groups is 5. The Balaban J connectivity index is 1.44. The van der Waals surface area contributed by atoms with Gasteiger partial charge in [-0.2, -0.15) is 0 Å². The fourth-order valence-corrected chi connectivity index (χ4v) is 8.30. The van der Waals surface area contributed by atoms with E-state index in [1.54, 1.807) is 27.3 Å². The van der Waals surface area contributed by atoms with Gasteiger partial charge >= 0.3 is 0 Å². The Morgan fingerprint density at radius 3 is 2.40 bits per heavy atom. The van der Waals surface area contributed by atoms with Crippen molar-refractivity contribution in [3.8, 4) is 22.6 Å². The number of likely N-dealkylation sites (N-methyl/N-ethyl adjacent to an activating group) is 1. The number of nitrogens with zero attached hydrogens (tertiary/aromatic N) is 2. The van der Waals surface area contributed by atoms with Crippen LogP contribution < -0.4 is 10.5 Å². The van der Waals surface area contributed by atoms with Crippen molar-refractivity contribution >= 4 is 29.0 Å². The maximum Gasteiger partial charge on any atom is 0.235 e. The molecule has 2 saturated carbocycles. The molecule has 2 aromatic carbocycles. The fraction of sp³-hybridized carbons (Fsp3) is 0.500. The van der Waals surface area contributed by atoms with Crippen molar-refractivity contribution in [1.82, 2.24) is 9.80 Å². The van der Waals surface area contributed by atoms with Gasteiger partial charge in [-0.05, 0) is 93.7 Å². The molecule has 3 aliphatic carbocycles. The third kappa shape index (κ3) is 4.79. The zero-order valence-corrected chi connectivity index (χ0v) is 25.7. The summed E-state index contributed by atoms with van der Waals surface area (Å²) < 4.78 is 5.73. The number of likely N-dealkylation sites (tertiary alicyclic amines) is 1. The van der Waals surface area contributed by atoms with E-state index < -0.39 is 64.4 Å². The summed E-state index contributed by atoms with van der Waals surface area (Å²) >= 11 is 0. The topological polar surface area (TPSA) is 168 Å². The van der Waals surface area contributed by atoms with Crippen molar-refractivity contribution in [1.29, 1.82) is 0 Å². The van der Waals surface area contributed by atoms with Crippen LogP contribution in [-0.4, -0.2) is 95.0 Å². The Hall–Kier alpha value is -3.93. The molecule has 0 bridgehead atoms. The molecule has 1 saturated heterocycles. The highest BCUT2D eigenvalue weighted by molar-refractivity contribution is 6.32. The summed E-state index contributed by atoms with van der Waals surface area (Å²) in [6.07, 6.45) is 3.70. The molecule has 11 heteroatoms. The van der Waals surface area contributed by atoms with Crippen molar-refractivity contribution in [2.75, 3.05) is 34.3 Å². The molecular formula is C34H39N3O8. The number of phenols is 1. The average Bonchev–Trinajstić information content (AvgIpc) is 2.99. The largest absolute Gasteiger partial charge is 0.507 e. The Morgan fingerprint density at radius 1 is 1.04 bits per heavy atom. The third-order valence-corrected chi connectivity index (χ3v) is 10.4. The number of hydrogen-bond acceptors (Lipinski definition) is 10. The molecule has 1 amide bonds. The third-order valence-electron chi connectivity index (χ3n) is 10.4. The summed E-state index contributed by atoms with van der Waals surface area (Å²) in [5, 5.41) is 22.8. The highest BCUT2D eigenvalue weighted by Crippen LogP contribution is 2.52. The van der Waals surface area contributed by atoms with Gasteiger partial charge in [0.2, 0.25) is 5.91 Å². The molecule has 3 fully saturated rings. The molecule has 45 heavy (non-hydrogen) atoms. The molecule has 238 valence electrons. The smallest absolute Gasteiger partial charge is 0.235 e. The molecular weight excluding hydrogens is 578 g/mol. The number of piperidine rings is 1. The molecule has 0 radical (unpaired) electrons. The summed E-state index contributed by atoms with van der Waals surface area (Å²) in [6, 6.07) is 7.93. The van der Waals surface area contributed by atoms with Crippen molar-refractivity contribution in [3.05, 3.63) is 47.0 Å². The lowest BCUT2D eigenvalue weighted by molar-refractivity contribution is -0.181. The van der Waals surface area contributed by atoms with E-state index in [9.17, 15) is 34.2 Å². The fourth-order valence-electron chi connectivity index (χ4n) is 8.30. The molecule has 1 aliphatic heterocycles. The summed E-state index contributed by atoms with van der Waals surface area (Å²) in [5.74, 6) is -10.1. The summed E-state index contributed by atoms with van der Waals surface area (Å²) in [4.78, 5) is 71.2. The van der Waals surface area contributed by atoms with Gasteiger partial charge < -0.3 is 20.7 Å². The van der Waals surface area contributed by atoms with Gasteiger partial charge in [-0.25, -0.2) is 0 Å². The lowest BCUT2D eigenvalue weighted by Gasteiger charge is -2.52. The molecule has 6 unspecified atom stereocenters. The first-order valence-corrected chi connectivity index (χ1v) is 15.5. The van der Waals surface area contributed by atoms with E-state index in [1.807, 2.05) is 18.2 Å². The number of amides is 1. The number of aliphatic hydroxyl groups is 1. The zero-order chi connectivity index (χ0) is 32.4. The van der Waals surface area contributed by atoms with E-state index in [0.717, 1.165) is 43.6 Å². The van der Waals surface area contributed by atoms with E-state index in [0.29, 0.717) is 16.9 Å². The number of ether oxygens (including phenoxy) is 1. The predicted octanol–water partition coefficient (Wildman–Crippen LogP) is 1.53. The number of nitrogens with two attached hydrogens (primary N) is 1. The number of benzene rings is 2. The quantitative estimate of drug-likeness (QED) is 0.405. The van der Waals surface area contributed by atoms with E-state index in [2.05, 4.69) is 4.90 Å². The minimum absolute atomic E-state index is 0.00880. The number of primary amides is 1.